The van der Waals surface area contributed by atoms with Crippen molar-refractivity contribution in [1.82, 2.24) is 19.9 Å². The van der Waals surface area contributed by atoms with Crippen LogP contribution in [-0.2, 0) is 4.79 Å². The number of piperazine rings is 1. The number of rotatable bonds is 4. The summed E-state index contributed by atoms with van der Waals surface area (Å²) in [5.74, 6) is -0.105. The molecule has 1 atom stereocenters. The average molecular weight is 483 g/mol. The summed E-state index contributed by atoms with van der Waals surface area (Å²) in [6, 6.07) is 17.7. The Morgan fingerprint density at radius 2 is 1.64 bits per heavy atom. The van der Waals surface area contributed by atoms with Crippen molar-refractivity contribution in [3.63, 3.8) is 0 Å². The third-order valence-electron chi connectivity index (χ3n) is 6.53. The first-order chi connectivity index (χ1) is 17.3. The van der Waals surface area contributed by atoms with Crippen molar-refractivity contribution >= 4 is 28.7 Å². The van der Waals surface area contributed by atoms with Crippen LogP contribution in [0.15, 0.2) is 65.5 Å². The van der Waals surface area contributed by atoms with Gasteiger partial charge in [-0.2, -0.15) is 4.98 Å². The maximum Gasteiger partial charge on any atom is 0.256 e. The van der Waals surface area contributed by atoms with Gasteiger partial charge in [0.15, 0.2) is 11.4 Å². The van der Waals surface area contributed by atoms with Crippen LogP contribution in [0.4, 0.5) is 5.95 Å². The molecule has 9 heteroatoms. The van der Waals surface area contributed by atoms with Crippen molar-refractivity contribution in [3.8, 4) is 16.8 Å². The van der Waals surface area contributed by atoms with E-state index in [1.54, 1.807) is 37.3 Å². The van der Waals surface area contributed by atoms with E-state index in [9.17, 15) is 14.4 Å². The molecule has 1 amide bonds. The number of Topliss-reactive ketones (excluding diaryl/α,β-unsaturated/α-hetero) is 1. The lowest BCUT2D eigenvalue weighted by atomic mass is 9.95. The molecule has 6 rings (SSSR count). The second-order valence-corrected chi connectivity index (χ2v) is 8.87. The Morgan fingerprint density at radius 1 is 0.972 bits per heavy atom. The van der Waals surface area contributed by atoms with Crippen LogP contribution in [0.2, 0.25) is 0 Å². The molecule has 0 saturated carbocycles. The Morgan fingerprint density at radius 3 is 2.19 bits per heavy atom. The summed E-state index contributed by atoms with van der Waals surface area (Å²) in [6.45, 7) is 5.21. The number of fused-ring (bicyclic) bond motifs is 2. The van der Waals surface area contributed by atoms with E-state index in [2.05, 4.69) is 34.6 Å². The summed E-state index contributed by atoms with van der Waals surface area (Å²) < 4.78 is 1.48. The van der Waals surface area contributed by atoms with Gasteiger partial charge in [-0.15, -0.1) is 0 Å². The van der Waals surface area contributed by atoms with E-state index in [-0.39, 0.29) is 17.4 Å². The predicted octanol–water partition coefficient (Wildman–Crippen LogP) is 2.22. The first-order valence-corrected chi connectivity index (χ1v) is 11.7. The van der Waals surface area contributed by atoms with Gasteiger partial charge in [-0.3, -0.25) is 19.0 Å². The van der Waals surface area contributed by atoms with E-state index in [1.165, 1.54) is 21.8 Å². The van der Waals surface area contributed by atoms with E-state index >= 15 is 0 Å². The molecule has 3 aromatic rings. The summed E-state index contributed by atoms with van der Waals surface area (Å²) in [5, 5.41) is 3.95. The van der Waals surface area contributed by atoms with E-state index in [0.717, 1.165) is 5.39 Å². The zero-order valence-electron chi connectivity index (χ0n) is 20.1. The molecule has 2 aromatic heterocycles. The van der Waals surface area contributed by atoms with Gasteiger partial charge in [0.1, 0.15) is 6.04 Å². The zero-order valence-corrected chi connectivity index (χ0v) is 20.1. The van der Waals surface area contributed by atoms with Crippen LogP contribution in [0.5, 0.6) is 0 Å². The van der Waals surface area contributed by atoms with Gasteiger partial charge in [-0.1, -0.05) is 24.3 Å². The topological polar surface area (TPSA) is 123 Å². The highest BCUT2D eigenvalue weighted by Gasteiger charge is 2.28. The molecule has 1 unspecified atom stereocenters. The van der Waals surface area contributed by atoms with Crippen molar-refractivity contribution in [2.45, 2.75) is 19.9 Å². The van der Waals surface area contributed by atoms with E-state index in [4.69, 9.17) is 10.7 Å². The number of nitrogens with two attached hydrogens (primary N) is 1. The number of pyridine rings is 1. The number of hydrogen-bond acceptors (Lipinski definition) is 7. The number of anilines is 1. The smallest absolute Gasteiger partial charge is 0.256 e. The Balaban J connectivity index is 0.000000382. The molecule has 1 fully saturated rings. The molecule has 0 radical (unpaired) electrons. The lowest BCUT2D eigenvalue weighted by Crippen LogP contribution is -2.55. The maximum atomic E-state index is 12.8. The fraction of sp³-hybridized carbons (Fsp3) is 0.222. The van der Waals surface area contributed by atoms with Crippen molar-refractivity contribution in [2.75, 3.05) is 24.5 Å². The zero-order chi connectivity index (χ0) is 25.4. The standard InChI is InChI=1S/C21H22N6O3.C6H4/c1-12-16-7-8-18(29)27(15-5-3-14(4-6-15)19(22)30)20(16)25-21(24-12)26-10-9-23-11-17(26)13(2)28;1-2-6-4-3-5(1)6/h3-8,17,23H,9-11H2,1-2H3,(H2,22,30);1-4H. The van der Waals surface area contributed by atoms with Crippen LogP contribution in [0.1, 0.15) is 23.0 Å². The number of benzene rings is 2. The summed E-state index contributed by atoms with van der Waals surface area (Å²) in [6.07, 6.45) is 0. The van der Waals surface area contributed by atoms with Gasteiger partial charge in [-0.05, 0) is 55.3 Å². The summed E-state index contributed by atoms with van der Waals surface area (Å²) in [7, 11) is 0. The number of aromatic nitrogens is 3. The quantitative estimate of drug-likeness (QED) is 0.403. The minimum Gasteiger partial charge on any atom is -0.366 e. The molecule has 36 heavy (non-hydrogen) atoms. The normalized spacial score (nSPS) is 15.7. The largest absolute Gasteiger partial charge is 0.366 e. The van der Waals surface area contributed by atoms with Gasteiger partial charge in [0.25, 0.3) is 5.56 Å². The fourth-order valence-electron chi connectivity index (χ4n) is 4.37. The maximum absolute atomic E-state index is 12.8. The predicted molar refractivity (Wildman–Crippen MR) is 139 cm³/mol. The van der Waals surface area contributed by atoms with Gasteiger partial charge >= 0.3 is 0 Å². The van der Waals surface area contributed by atoms with Crippen molar-refractivity contribution in [2.24, 2.45) is 5.73 Å². The van der Waals surface area contributed by atoms with Crippen molar-refractivity contribution < 1.29 is 9.59 Å². The third kappa shape index (κ3) is 4.25. The van der Waals surface area contributed by atoms with Gasteiger partial charge in [-0.25, -0.2) is 4.98 Å². The molecule has 3 heterocycles. The average Bonchev–Trinajstić information content (AvgIpc) is 2.86. The number of hydrogen-bond donors (Lipinski definition) is 2. The molecule has 1 saturated heterocycles. The Labute approximate surface area is 207 Å². The van der Waals surface area contributed by atoms with E-state index in [0.29, 0.717) is 48.2 Å². The lowest BCUT2D eigenvalue weighted by Gasteiger charge is -2.34. The number of primary amides is 1. The van der Waals surface area contributed by atoms with Crippen LogP contribution < -0.4 is 21.5 Å². The summed E-state index contributed by atoms with van der Waals surface area (Å²) in [5.41, 5.74) is 9.96. The molecule has 0 spiro atoms. The lowest BCUT2D eigenvalue weighted by molar-refractivity contribution is -0.118. The molecule has 0 bridgehead atoms. The van der Waals surface area contributed by atoms with Gasteiger partial charge in [0.05, 0.1) is 11.4 Å². The fourth-order valence-corrected chi connectivity index (χ4v) is 4.37. The number of carbonyl (C=O) groups excluding carboxylic acids is 2. The number of amides is 1. The minimum absolute atomic E-state index is 0.0241. The SMILES string of the molecule is CC(=O)C1CNCCN1c1nc(C)c2ccc(=O)n(-c3ccc(C(N)=O)cc3)c2n1.c1cc2ccc1-2. The molecular weight excluding hydrogens is 456 g/mol. The van der Waals surface area contributed by atoms with Crippen LogP contribution in [0, 0.1) is 6.92 Å². The number of nitrogens with one attached hydrogen (secondary N) is 1. The van der Waals surface area contributed by atoms with Gasteiger partial charge < -0.3 is 16.0 Å². The number of carbonyl (C=O) groups is 2. The first kappa shape index (κ1) is 23.4. The molecule has 1 aromatic carbocycles. The van der Waals surface area contributed by atoms with Crippen LogP contribution in [-0.4, -0.2) is 51.9 Å². The van der Waals surface area contributed by atoms with Gasteiger partial charge in [0.2, 0.25) is 11.9 Å². The van der Waals surface area contributed by atoms with E-state index in [1.807, 2.05) is 11.8 Å². The van der Waals surface area contributed by atoms with Crippen LogP contribution in [0.3, 0.4) is 0 Å². The summed E-state index contributed by atoms with van der Waals surface area (Å²) in [4.78, 5) is 47.4. The second-order valence-electron chi connectivity index (χ2n) is 8.87. The highest BCUT2D eigenvalue weighted by molar-refractivity contribution is 5.93. The Kier molecular flexibility index (Phi) is 6.07. The molecule has 182 valence electrons. The monoisotopic (exact) mass is 482 g/mol. The van der Waals surface area contributed by atoms with Crippen LogP contribution in [0.25, 0.3) is 27.8 Å². The highest BCUT2D eigenvalue weighted by atomic mass is 16.1. The molecule has 3 N–H and O–H groups in total. The number of aryl methyl sites for hydroxylation is 1. The highest BCUT2D eigenvalue weighted by Crippen LogP contribution is 2.29. The Hall–Kier alpha value is -4.37. The third-order valence-corrected chi connectivity index (χ3v) is 6.53. The second kappa shape index (κ2) is 9.35. The molecule has 1 aliphatic heterocycles. The minimum atomic E-state index is -0.541. The molecular formula is C27H26N6O3. The van der Waals surface area contributed by atoms with E-state index < -0.39 is 5.91 Å². The molecule has 9 nitrogen and oxygen atoms in total. The first-order valence-electron chi connectivity index (χ1n) is 11.7. The van der Waals surface area contributed by atoms with Crippen LogP contribution >= 0.6 is 0 Å². The number of nitrogens with zero attached hydrogens (tertiary/aromatic N) is 4. The molecule has 2 aliphatic carbocycles. The number of ketones is 1. The van der Waals surface area contributed by atoms with Gasteiger partial charge in [0, 0.05) is 36.7 Å². The van der Waals surface area contributed by atoms with Crippen molar-refractivity contribution in [1.29, 1.82) is 0 Å². The summed E-state index contributed by atoms with van der Waals surface area (Å²) >= 11 is 0. The molecule has 3 aliphatic rings. The Bertz CT molecular complexity index is 1510. The van der Waals surface area contributed by atoms with Crippen molar-refractivity contribution in [3.05, 3.63) is 82.3 Å².